The molecule has 0 aliphatic carbocycles. The topological polar surface area (TPSA) is 38.3 Å². The molecule has 0 saturated heterocycles. The lowest BCUT2D eigenvalue weighted by Crippen LogP contribution is -2.32. The van der Waals surface area contributed by atoms with Gasteiger partial charge in [0.1, 0.15) is 5.60 Å². The van der Waals surface area contributed by atoms with Gasteiger partial charge in [-0.25, -0.2) is 0 Å². The first-order chi connectivity index (χ1) is 8.28. The van der Waals surface area contributed by atoms with E-state index in [-0.39, 0.29) is 18.6 Å². The molecule has 1 aromatic rings. The van der Waals surface area contributed by atoms with Crippen molar-refractivity contribution in [2.45, 2.75) is 39.3 Å². The summed E-state index contributed by atoms with van der Waals surface area (Å²) in [4.78, 5) is 11.5. The molecule has 0 unspecified atom stereocenters. The summed E-state index contributed by atoms with van der Waals surface area (Å²) in [6.07, 6.45) is 0. The predicted octanol–water partition coefficient (Wildman–Crippen LogP) is 3.33. The lowest BCUT2D eigenvalue weighted by Gasteiger charge is -2.21. The van der Waals surface area contributed by atoms with Gasteiger partial charge < -0.3 is 10.1 Å². The number of nitrogens with one attached hydrogen (secondary N) is 1. The number of esters is 1. The maximum Gasteiger partial charge on any atom is 0.320 e. The van der Waals surface area contributed by atoms with Crippen LogP contribution in [0.1, 0.15) is 39.3 Å². The van der Waals surface area contributed by atoms with E-state index < -0.39 is 5.60 Å². The highest BCUT2D eigenvalue weighted by atomic mass is 35.5. The summed E-state index contributed by atoms with van der Waals surface area (Å²) in [7, 11) is 0. The van der Waals surface area contributed by atoms with Crippen molar-refractivity contribution < 1.29 is 9.53 Å². The van der Waals surface area contributed by atoms with Crippen LogP contribution >= 0.6 is 11.6 Å². The average molecular weight is 270 g/mol. The van der Waals surface area contributed by atoms with E-state index in [2.05, 4.69) is 5.32 Å². The summed E-state index contributed by atoms with van der Waals surface area (Å²) in [5.41, 5.74) is 0.644. The van der Waals surface area contributed by atoms with Gasteiger partial charge in [0.05, 0.1) is 6.54 Å². The Labute approximate surface area is 113 Å². The van der Waals surface area contributed by atoms with Gasteiger partial charge in [-0.2, -0.15) is 0 Å². The second-order valence-electron chi connectivity index (χ2n) is 5.24. The third-order valence-corrected chi connectivity index (χ3v) is 2.59. The Balaban J connectivity index is 2.44. The van der Waals surface area contributed by atoms with Crippen molar-refractivity contribution in [3.05, 3.63) is 34.9 Å². The van der Waals surface area contributed by atoms with Crippen molar-refractivity contribution in [3.8, 4) is 0 Å². The zero-order valence-electron chi connectivity index (χ0n) is 11.3. The van der Waals surface area contributed by atoms with E-state index in [0.717, 1.165) is 5.56 Å². The van der Waals surface area contributed by atoms with E-state index in [1.807, 2.05) is 52.0 Å². The molecule has 0 spiro atoms. The number of rotatable bonds is 4. The summed E-state index contributed by atoms with van der Waals surface area (Å²) in [6.45, 7) is 7.75. The van der Waals surface area contributed by atoms with Gasteiger partial charge in [-0.3, -0.25) is 4.79 Å². The Kier molecular flexibility index (Phi) is 5.17. The molecule has 18 heavy (non-hydrogen) atoms. The summed E-state index contributed by atoms with van der Waals surface area (Å²) in [5.74, 6) is -0.247. The molecule has 4 heteroatoms. The maximum absolute atomic E-state index is 11.5. The molecule has 0 aliphatic heterocycles. The molecule has 3 nitrogen and oxygen atoms in total. The van der Waals surface area contributed by atoms with E-state index in [4.69, 9.17) is 16.3 Å². The number of ether oxygens (including phenoxy) is 1. The molecule has 0 saturated carbocycles. The van der Waals surface area contributed by atoms with Crippen LogP contribution < -0.4 is 5.32 Å². The quantitative estimate of drug-likeness (QED) is 0.852. The second-order valence-corrected chi connectivity index (χ2v) is 5.68. The molecule has 1 rings (SSSR count). The van der Waals surface area contributed by atoms with E-state index >= 15 is 0 Å². The molecule has 0 amide bonds. The van der Waals surface area contributed by atoms with Gasteiger partial charge in [0.15, 0.2) is 0 Å². The third kappa shape index (κ3) is 5.52. The smallest absolute Gasteiger partial charge is 0.320 e. The molecule has 0 radical (unpaired) electrons. The van der Waals surface area contributed by atoms with Crippen molar-refractivity contribution in [1.82, 2.24) is 5.32 Å². The Bertz CT molecular complexity index is 395. The standard InChI is InChI=1S/C14H20ClNO2/c1-10(11-5-7-12(15)8-6-11)16-9-13(17)18-14(2,3)4/h5-8,10,16H,9H2,1-4H3/t10-/m0/s1. The molecular weight excluding hydrogens is 250 g/mol. The van der Waals surface area contributed by atoms with Crippen molar-refractivity contribution in [1.29, 1.82) is 0 Å². The fraction of sp³-hybridized carbons (Fsp3) is 0.500. The molecule has 1 atom stereocenters. The van der Waals surface area contributed by atoms with E-state index in [9.17, 15) is 4.79 Å². The summed E-state index contributed by atoms with van der Waals surface area (Å²) in [5, 5.41) is 3.83. The molecule has 0 fully saturated rings. The Morgan fingerprint density at radius 2 is 1.89 bits per heavy atom. The highest BCUT2D eigenvalue weighted by Crippen LogP contribution is 2.16. The van der Waals surface area contributed by atoms with E-state index in [0.29, 0.717) is 5.02 Å². The van der Waals surface area contributed by atoms with E-state index in [1.54, 1.807) is 0 Å². The second kappa shape index (κ2) is 6.21. The first-order valence-electron chi connectivity index (χ1n) is 5.98. The van der Waals surface area contributed by atoms with Gasteiger partial charge in [-0.1, -0.05) is 23.7 Å². The van der Waals surface area contributed by atoms with Crippen LogP contribution in [0.15, 0.2) is 24.3 Å². The van der Waals surface area contributed by atoms with Crippen LogP contribution in [0.25, 0.3) is 0 Å². The number of halogens is 1. The summed E-state index contributed by atoms with van der Waals surface area (Å²) in [6, 6.07) is 7.63. The molecule has 100 valence electrons. The number of carbonyl (C=O) groups is 1. The van der Waals surface area contributed by atoms with Crippen molar-refractivity contribution in [2.24, 2.45) is 0 Å². The van der Waals surface area contributed by atoms with Crippen molar-refractivity contribution >= 4 is 17.6 Å². The molecular formula is C14H20ClNO2. The minimum Gasteiger partial charge on any atom is -0.459 e. The maximum atomic E-state index is 11.5. The normalized spacial score (nSPS) is 13.2. The molecule has 0 aromatic heterocycles. The first-order valence-corrected chi connectivity index (χ1v) is 6.36. The molecule has 0 heterocycles. The van der Waals surface area contributed by atoms with Gasteiger partial charge in [0.25, 0.3) is 0 Å². The van der Waals surface area contributed by atoms with Crippen LogP contribution in [0.5, 0.6) is 0 Å². The van der Waals surface area contributed by atoms with Gasteiger partial charge in [-0.05, 0) is 45.4 Å². The monoisotopic (exact) mass is 269 g/mol. The van der Waals surface area contributed by atoms with Gasteiger partial charge in [-0.15, -0.1) is 0 Å². The SMILES string of the molecule is C[C@H](NCC(=O)OC(C)(C)C)c1ccc(Cl)cc1. The van der Waals surface area contributed by atoms with Crippen LogP contribution in [0.3, 0.4) is 0 Å². The number of carbonyl (C=O) groups excluding carboxylic acids is 1. The zero-order valence-corrected chi connectivity index (χ0v) is 12.0. The third-order valence-electron chi connectivity index (χ3n) is 2.34. The minimum absolute atomic E-state index is 0.0785. The highest BCUT2D eigenvalue weighted by Gasteiger charge is 2.16. The number of hydrogen-bond acceptors (Lipinski definition) is 3. The molecule has 1 N–H and O–H groups in total. The zero-order chi connectivity index (χ0) is 13.8. The lowest BCUT2D eigenvalue weighted by molar-refractivity contribution is -0.153. The summed E-state index contributed by atoms with van der Waals surface area (Å²) < 4.78 is 5.22. The minimum atomic E-state index is -0.442. The number of hydrogen-bond donors (Lipinski definition) is 1. The molecule has 1 aromatic carbocycles. The Hall–Kier alpha value is -1.06. The lowest BCUT2D eigenvalue weighted by atomic mass is 10.1. The van der Waals surface area contributed by atoms with Gasteiger partial charge in [0.2, 0.25) is 0 Å². The van der Waals surface area contributed by atoms with Gasteiger partial charge >= 0.3 is 5.97 Å². The van der Waals surface area contributed by atoms with Gasteiger partial charge in [0, 0.05) is 11.1 Å². The molecule has 0 bridgehead atoms. The summed E-state index contributed by atoms with van der Waals surface area (Å²) >= 11 is 5.82. The van der Waals surface area contributed by atoms with E-state index in [1.165, 1.54) is 0 Å². The highest BCUT2D eigenvalue weighted by molar-refractivity contribution is 6.30. The largest absolute Gasteiger partial charge is 0.459 e. The van der Waals surface area contributed by atoms with Crippen LogP contribution in [0, 0.1) is 0 Å². The fourth-order valence-electron chi connectivity index (χ4n) is 1.48. The predicted molar refractivity (Wildman–Crippen MR) is 73.7 cm³/mol. The Morgan fingerprint density at radius 1 is 1.33 bits per heavy atom. The first kappa shape index (κ1) is 15.0. The van der Waals surface area contributed by atoms with Crippen LogP contribution in [-0.2, 0) is 9.53 Å². The fourth-order valence-corrected chi connectivity index (χ4v) is 1.61. The van der Waals surface area contributed by atoms with Crippen LogP contribution in [0.2, 0.25) is 5.02 Å². The Morgan fingerprint density at radius 3 is 2.39 bits per heavy atom. The van der Waals surface area contributed by atoms with Crippen molar-refractivity contribution in [2.75, 3.05) is 6.54 Å². The van der Waals surface area contributed by atoms with Crippen molar-refractivity contribution in [3.63, 3.8) is 0 Å². The number of benzene rings is 1. The molecule has 0 aliphatic rings. The average Bonchev–Trinajstić information content (AvgIpc) is 2.24. The van der Waals surface area contributed by atoms with Crippen LogP contribution in [-0.4, -0.2) is 18.1 Å². The van der Waals surface area contributed by atoms with Crippen LogP contribution in [0.4, 0.5) is 0 Å².